The van der Waals surface area contributed by atoms with E-state index < -0.39 is 10.1 Å². The molecule has 2 N–H and O–H groups in total. The molecule has 1 aliphatic rings. The van der Waals surface area contributed by atoms with Crippen molar-refractivity contribution in [3.8, 4) is 0 Å². The molecule has 0 saturated carbocycles. The summed E-state index contributed by atoms with van der Waals surface area (Å²) < 4.78 is 32.9. The molecule has 1 heterocycles. The highest BCUT2D eigenvalue weighted by Crippen LogP contribution is 2.35. The van der Waals surface area contributed by atoms with Gasteiger partial charge in [-0.3, -0.25) is 0 Å². The third kappa shape index (κ3) is 1.65. The summed E-state index contributed by atoms with van der Waals surface area (Å²) in [5.74, 6) is 0. The van der Waals surface area contributed by atoms with Crippen LogP contribution in [0.1, 0.15) is 26.3 Å². The Balaban J connectivity index is 2.61. The van der Waals surface area contributed by atoms with E-state index in [1.54, 1.807) is 6.07 Å². The Hall–Kier alpha value is -0.910. The zero-order chi connectivity index (χ0) is 12.1. The third-order valence-electron chi connectivity index (χ3n) is 3.58. The van der Waals surface area contributed by atoms with Crippen molar-refractivity contribution in [3.05, 3.63) is 23.8 Å². The number of hydrogen-bond acceptors (Lipinski definition) is 3. The molecule has 88 valence electrons. The normalized spacial score (nSPS) is 23.1. The van der Waals surface area contributed by atoms with E-state index >= 15 is 0 Å². The molecule has 16 heavy (non-hydrogen) atoms. The molecule has 1 unspecified atom stereocenters. The Labute approximate surface area is 95.4 Å². The summed E-state index contributed by atoms with van der Waals surface area (Å²) >= 11 is 0. The number of fused-ring (bicyclic) bond motifs is 1. The molecule has 1 aromatic carbocycles. The summed E-state index contributed by atoms with van der Waals surface area (Å²) in [6.07, 6.45) is 0. The summed E-state index contributed by atoms with van der Waals surface area (Å²) in [5, 5.41) is 2.11. The van der Waals surface area contributed by atoms with Gasteiger partial charge in [0.2, 0.25) is 0 Å². The lowest BCUT2D eigenvalue weighted by Crippen LogP contribution is -2.83. The van der Waals surface area contributed by atoms with E-state index in [0.717, 1.165) is 11.3 Å². The molecule has 0 bridgehead atoms. The molecular formula is C11H15NO3S. The predicted molar refractivity (Wildman–Crippen MR) is 58.5 cm³/mol. The lowest BCUT2D eigenvalue weighted by atomic mass is 9.81. The molecule has 5 heteroatoms. The molecule has 1 aliphatic heterocycles. The van der Waals surface area contributed by atoms with E-state index in [4.69, 9.17) is 0 Å². The van der Waals surface area contributed by atoms with E-state index in [-0.39, 0.29) is 10.3 Å². The second kappa shape index (κ2) is 3.29. The molecule has 2 rings (SSSR count). The van der Waals surface area contributed by atoms with E-state index in [0.29, 0.717) is 6.04 Å². The van der Waals surface area contributed by atoms with Crippen LogP contribution in [-0.2, 0) is 15.5 Å². The second-order valence-electron chi connectivity index (χ2n) is 4.88. The van der Waals surface area contributed by atoms with Gasteiger partial charge in [0, 0.05) is 17.0 Å². The number of nitrogens with two attached hydrogens (primary N) is 1. The Morgan fingerprint density at radius 1 is 1.38 bits per heavy atom. The van der Waals surface area contributed by atoms with Gasteiger partial charge in [-0.2, -0.15) is 0 Å². The Morgan fingerprint density at radius 3 is 2.56 bits per heavy atom. The van der Waals surface area contributed by atoms with Gasteiger partial charge >= 0.3 is 0 Å². The van der Waals surface area contributed by atoms with Gasteiger partial charge in [-0.1, -0.05) is 0 Å². The molecule has 1 aromatic rings. The lowest BCUT2D eigenvalue weighted by molar-refractivity contribution is -0.604. The van der Waals surface area contributed by atoms with Crippen LogP contribution in [0.4, 0.5) is 5.69 Å². The first-order valence-corrected chi connectivity index (χ1v) is 6.59. The third-order valence-corrected chi connectivity index (χ3v) is 4.41. The highest BCUT2D eigenvalue weighted by molar-refractivity contribution is 7.85. The maximum Gasteiger partial charge on any atom is 0.133 e. The fourth-order valence-electron chi connectivity index (χ4n) is 2.12. The Morgan fingerprint density at radius 2 is 2.00 bits per heavy atom. The molecule has 4 nitrogen and oxygen atoms in total. The molecule has 1 atom stereocenters. The molecule has 0 aromatic heterocycles. The Bertz CT molecular complexity index is 534. The van der Waals surface area contributed by atoms with Crippen LogP contribution in [0, 0.1) is 0 Å². The maximum absolute atomic E-state index is 11.0. The highest BCUT2D eigenvalue weighted by atomic mass is 32.2. The monoisotopic (exact) mass is 241 g/mol. The van der Waals surface area contributed by atoms with Gasteiger partial charge in [-0.05, 0) is 32.9 Å². The van der Waals surface area contributed by atoms with E-state index in [9.17, 15) is 13.0 Å². The summed E-state index contributed by atoms with van der Waals surface area (Å²) in [7, 11) is -4.36. The highest BCUT2D eigenvalue weighted by Gasteiger charge is 2.41. The first-order chi connectivity index (χ1) is 7.23. The van der Waals surface area contributed by atoms with Crippen LogP contribution >= 0.6 is 0 Å². The van der Waals surface area contributed by atoms with Gasteiger partial charge in [0.25, 0.3) is 0 Å². The summed E-state index contributed by atoms with van der Waals surface area (Å²) in [6.45, 7) is 6.20. The first-order valence-electron chi connectivity index (χ1n) is 5.18. The van der Waals surface area contributed by atoms with Crippen molar-refractivity contribution in [1.82, 2.24) is 0 Å². The zero-order valence-electron chi connectivity index (χ0n) is 9.52. The van der Waals surface area contributed by atoms with E-state index in [1.165, 1.54) is 12.1 Å². The minimum absolute atomic E-state index is 0.115. The van der Waals surface area contributed by atoms with Gasteiger partial charge in [-0.25, -0.2) is 8.42 Å². The fraction of sp³-hybridized carbons (Fsp3) is 0.455. The standard InChI is InChI=1S/C11H15NO3S/c1-7-11(2,3)9-6-8(16(13,14)15)4-5-10(9)12-7/h4-7,12H,1-3H3,(H,13,14,15). The van der Waals surface area contributed by atoms with Crippen LogP contribution in [0.2, 0.25) is 0 Å². The quantitative estimate of drug-likeness (QED) is 0.573. The van der Waals surface area contributed by atoms with E-state index in [1.807, 2.05) is 0 Å². The van der Waals surface area contributed by atoms with Gasteiger partial charge in [0.15, 0.2) is 0 Å². The molecular weight excluding hydrogens is 226 g/mol. The summed E-state index contributed by atoms with van der Waals surface area (Å²) in [6, 6.07) is 4.95. The molecule has 0 aliphatic carbocycles. The number of rotatable bonds is 1. The Kier molecular flexibility index (Phi) is 2.38. The molecule has 0 saturated heterocycles. The maximum atomic E-state index is 11.0. The van der Waals surface area contributed by atoms with Crippen molar-refractivity contribution in [1.29, 1.82) is 0 Å². The molecule has 0 radical (unpaired) electrons. The van der Waals surface area contributed by atoms with Crippen LogP contribution < -0.4 is 5.32 Å². The van der Waals surface area contributed by atoms with Crippen LogP contribution in [-0.4, -0.2) is 19.0 Å². The van der Waals surface area contributed by atoms with Gasteiger partial charge in [0.05, 0.1) is 10.9 Å². The van der Waals surface area contributed by atoms with Crippen molar-refractivity contribution in [2.75, 3.05) is 0 Å². The van der Waals surface area contributed by atoms with Crippen molar-refractivity contribution in [3.63, 3.8) is 0 Å². The summed E-state index contributed by atoms with van der Waals surface area (Å²) in [5.41, 5.74) is 1.86. The second-order valence-corrected chi connectivity index (χ2v) is 6.26. The van der Waals surface area contributed by atoms with Crippen LogP contribution in [0.3, 0.4) is 0 Å². The molecule has 0 amide bonds. The number of hydrogen-bond donors (Lipinski definition) is 1. The lowest BCUT2D eigenvalue weighted by Gasteiger charge is -2.20. The first kappa shape index (κ1) is 11.6. The molecule has 0 fully saturated rings. The van der Waals surface area contributed by atoms with Crippen LogP contribution in [0.15, 0.2) is 23.1 Å². The minimum atomic E-state index is -4.36. The summed E-state index contributed by atoms with van der Waals surface area (Å²) in [4.78, 5) is -0.137. The van der Waals surface area contributed by atoms with Crippen molar-refractivity contribution < 1.29 is 18.3 Å². The number of benzene rings is 1. The van der Waals surface area contributed by atoms with E-state index in [2.05, 4.69) is 26.1 Å². The van der Waals surface area contributed by atoms with Gasteiger partial charge < -0.3 is 9.87 Å². The molecule has 0 spiro atoms. The van der Waals surface area contributed by atoms with Crippen molar-refractivity contribution in [2.24, 2.45) is 0 Å². The minimum Gasteiger partial charge on any atom is -0.744 e. The SMILES string of the molecule is CC1[NH2+]c2ccc(S(=O)(=O)[O-])cc2C1(C)C. The largest absolute Gasteiger partial charge is 0.744 e. The zero-order valence-corrected chi connectivity index (χ0v) is 10.3. The van der Waals surface area contributed by atoms with Crippen molar-refractivity contribution >= 4 is 15.8 Å². The average Bonchev–Trinajstić information content (AvgIpc) is 2.37. The number of quaternary nitrogens is 1. The fourth-order valence-corrected chi connectivity index (χ4v) is 2.61. The van der Waals surface area contributed by atoms with Crippen molar-refractivity contribution in [2.45, 2.75) is 37.1 Å². The average molecular weight is 241 g/mol. The predicted octanol–water partition coefficient (Wildman–Crippen LogP) is 0.465. The smallest absolute Gasteiger partial charge is 0.133 e. The van der Waals surface area contributed by atoms with Gasteiger partial charge in [-0.15, -0.1) is 0 Å². The van der Waals surface area contributed by atoms with Gasteiger partial charge in [0.1, 0.15) is 15.8 Å². The van der Waals surface area contributed by atoms with Crippen LogP contribution in [0.25, 0.3) is 0 Å². The topological polar surface area (TPSA) is 73.8 Å². The van der Waals surface area contributed by atoms with Crippen LogP contribution in [0.5, 0.6) is 0 Å².